The van der Waals surface area contributed by atoms with Crippen LogP contribution in [0.5, 0.6) is 23.0 Å². The molecule has 0 bridgehead atoms. The van der Waals surface area contributed by atoms with Crippen LogP contribution in [0.4, 0.5) is 0 Å². The zero-order chi connectivity index (χ0) is 22.9. The number of ether oxygens (including phenoxy) is 1. The number of hydrogen-bond donors (Lipinski definition) is 4. The Balaban J connectivity index is 2.01. The minimum Gasteiger partial charge on any atom is -0.508 e. The lowest BCUT2D eigenvalue weighted by molar-refractivity contribution is 0.0650. The van der Waals surface area contributed by atoms with Crippen molar-refractivity contribution in [2.45, 2.75) is 58.2 Å². The molecule has 4 N–H and O–H groups in total. The van der Waals surface area contributed by atoms with Gasteiger partial charge >= 0.3 is 0 Å². The van der Waals surface area contributed by atoms with E-state index < -0.39 is 11.7 Å². The first-order valence-corrected chi connectivity index (χ1v) is 10.4. The van der Waals surface area contributed by atoms with Crippen molar-refractivity contribution in [1.29, 1.82) is 0 Å². The van der Waals surface area contributed by atoms with Gasteiger partial charge in [0.15, 0.2) is 5.78 Å². The average Bonchev–Trinajstić information content (AvgIpc) is 2.65. The Morgan fingerprint density at radius 3 is 2.48 bits per heavy atom. The van der Waals surface area contributed by atoms with E-state index >= 15 is 0 Å². The highest BCUT2D eigenvalue weighted by Gasteiger charge is 2.35. The van der Waals surface area contributed by atoms with Gasteiger partial charge < -0.3 is 25.2 Å². The van der Waals surface area contributed by atoms with Crippen molar-refractivity contribution in [3.05, 3.63) is 59.2 Å². The molecule has 6 heteroatoms. The van der Waals surface area contributed by atoms with Gasteiger partial charge in [0, 0.05) is 17.2 Å². The number of para-hydroxylation sites is 1. The van der Waals surface area contributed by atoms with E-state index in [1.54, 1.807) is 32.0 Å². The summed E-state index contributed by atoms with van der Waals surface area (Å²) in [6, 6.07) is 7.79. The molecule has 2 aromatic rings. The van der Waals surface area contributed by atoms with E-state index in [4.69, 9.17) is 4.74 Å². The molecule has 1 aliphatic heterocycles. The molecule has 1 heterocycles. The Hall–Kier alpha value is -2.99. The first-order valence-electron chi connectivity index (χ1n) is 10.4. The molecule has 2 atom stereocenters. The van der Waals surface area contributed by atoms with Crippen molar-refractivity contribution in [3.63, 3.8) is 0 Å². The largest absolute Gasteiger partial charge is 0.508 e. The number of rotatable bonds is 7. The van der Waals surface area contributed by atoms with E-state index in [-0.39, 0.29) is 46.7 Å². The molecule has 1 aliphatic rings. The van der Waals surface area contributed by atoms with E-state index in [1.165, 1.54) is 12.1 Å². The van der Waals surface area contributed by atoms with Crippen LogP contribution >= 0.6 is 0 Å². The van der Waals surface area contributed by atoms with Gasteiger partial charge in [-0.05, 0) is 52.0 Å². The molecule has 2 unspecified atom stereocenters. The van der Waals surface area contributed by atoms with Gasteiger partial charge in [-0.15, -0.1) is 0 Å². The van der Waals surface area contributed by atoms with Gasteiger partial charge in [0.05, 0.1) is 12.0 Å². The van der Waals surface area contributed by atoms with Crippen molar-refractivity contribution in [2.75, 3.05) is 0 Å². The van der Waals surface area contributed by atoms with Crippen LogP contribution in [-0.2, 0) is 6.42 Å². The number of aliphatic hydroxyl groups is 1. The molecule has 3 rings (SSSR count). The van der Waals surface area contributed by atoms with Crippen LogP contribution in [0.15, 0.2) is 42.5 Å². The number of ketones is 1. The van der Waals surface area contributed by atoms with E-state index in [2.05, 4.69) is 6.58 Å². The fraction of sp³-hybridized carbons (Fsp3) is 0.400. The predicted molar refractivity (Wildman–Crippen MR) is 118 cm³/mol. The Labute approximate surface area is 182 Å². The van der Waals surface area contributed by atoms with Crippen molar-refractivity contribution < 1.29 is 30.0 Å². The molecule has 31 heavy (non-hydrogen) atoms. The average molecular weight is 427 g/mol. The maximum atomic E-state index is 12.9. The minimum absolute atomic E-state index is 0.0136. The number of phenolic OH excluding ortho intramolecular Hbond substituents is 3. The summed E-state index contributed by atoms with van der Waals surface area (Å²) >= 11 is 0. The third-order valence-corrected chi connectivity index (χ3v) is 5.79. The zero-order valence-corrected chi connectivity index (χ0v) is 18.2. The lowest BCUT2D eigenvalue weighted by Gasteiger charge is -2.30. The number of carbonyl (C=O) groups is 1. The third-order valence-electron chi connectivity index (χ3n) is 5.79. The highest BCUT2D eigenvalue weighted by molar-refractivity contribution is 6.03. The van der Waals surface area contributed by atoms with Crippen LogP contribution in [0.1, 0.15) is 67.6 Å². The molecule has 166 valence electrons. The molecule has 2 aromatic carbocycles. The van der Waals surface area contributed by atoms with Crippen LogP contribution in [0, 0.1) is 5.92 Å². The molecule has 0 saturated heterocycles. The standard InChI is InChI=1S/C25H30O6/c1-14(2)15(9-10-25(3,4)30)11-17-19(27)12-20(28)23-21(29)13-22(31-24(17)23)16-7-5-6-8-18(16)26/h5-8,12,15,22,26-28,30H,1,9-11,13H2,2-4H3. The first-order chi connectivity index (χ1) is 14.5. The van der Waals surface area contributed by atoms with Gasteiger partial charge in [-0.2, -0.15) is 0 Å². The molecule has 0 amide bonds. The number of phenols is 3. The van der Waals surface area contributed by atoms with Gasteiger partial charge in [-0.3, -0.25) is 4.79 Å². The van der Waals surface area contributed by atoms with Gasteiger partial charge in [-0.25, -0.2) is 0 Å². The van der Waals surface area contributed by atoms with E-state index in [1.807, 2.05) is 6.92 Å². The predicted octanol–water partition coefficient (Wildman–Crippen LogP) is 4.80. The fourth-order valence-electron chi connectivity index (χ4n) is 3.95. The van der Waals surface area contributed by atoms with Crippen LogP contribution in [0.2, 0.25) is 0 Å². The third kappa shape index (κ3) is 5.02. The number of benzene rings is 2. The summed E-state index contributed by atoms with van der Waals surface area (Å²) in [4.78, 5) is 12.9. The van der Waals surface area contributed by atoms with E-state index in [9.17, 15) is 25.2 Å². The van der Waals surface area contributed by atoms with Crippen molar-refractivity contribution in [1.82, 2.24) is 0 Å². The maximum Gasteiger partial charge on any atom is 0.174 e. The highest BCUT2D eigenvalue weighted by atomic mass is 16.5. The maximum absolute atomic E-state index is 12.9. The molecule has 0 aromatic heterocycles. The first kappa shape index (κ1) is 22.7. The van der Waals surface area contributed by atoms with E-state index in [0.29, 0.717) is 30.4 Å². The second-order valence-corrected chi connectivity index (χ2v) is 8.99. The number of allylic oxidation sites excluding steroid dienone is 1. The molecular formula is C25H30O6. The fourth-order valence-corrected chi connectivity index (χ4v) is 3.95. The zero-order valence-electron chi connectivity index (χ0n) is 18.2. The SMILES string of the molecule is C=C(C)C(CCC(C)(C)O)Cc1c(O)cc(O)c2c1OC(c1ccccc1O)CC2=O. The van der Waals surface area contributed by atoms with Crippen LogP contribution in [-0.4, -0.2) is 31.8 Å². The van der Waals surface area contributed by atoms with Gasteiger partial charge in [0.1, 0.15) is 34.7 Å². The quantitative estimate of drug-likeness (QED) is 0.474. The van der Waals surface area contributed by atoms with Gasteiger partial charge in [-0.1, -0.05) is 30.4 Å². The van der Waals surface area contributed by atoms with Crippen molar-refractivity contribution in [3.8, 4) is 23.0 Å². The molecular weight excluding hydrogens is 396 g/mol. The molecule has 0 fully saturated rings. The lowest BCUT2D eigenvalue weighted by Crippen LogP contribution is -2.23. The number of fused-ring (bicyclic) bond motifs is 1. The summed E-state index contributed by atoms with van der Waals surface area (Å²) in [6.45, 7) is 9.41. The van der Waals surface area contributed by atoms with Crippen LogP contribution < -0.4 is 4.74 Å². The smallest absolute Gasteiger partial charge is 0.174 e. The van der Waals surface area contributed by atoms with Crippen LogP contribution in [0.3, 0.4) is 0 Å². The van der Waals surface area contributed by atoms with Crippen LogP contribution in [0.25, 0.3) is 0 Å². The Kier molecular flexibility index (Phi) is 6.32. The highest BCUT2D eigenvalue weighted by Crippen LogP contribution is 2.47. The number of aromatic hydroxyl groups is 3. The normalized spacial score (nSPS) is 17.0. The van der Waals surface area contributed by atoms with Crippen molar-refractivity contribution in [2.24, 2.45) is 5.92 Å². The van der Waals surface area contributed by atoms with Gasteiger partial charge in [0.25, 0.3) is 0 Å². The molecule has 0 aliphatic carbocycles. The summed E-state index contributed by atoms with van der Waals surface area (Å²) in [5.74, 6) is -0.750. The summed E-state index contributed by atoms with van der Waals surface area (Å²) in [7, 11) is 0. The topological polar surface area (TPSA) is 107 Å². The molecule has 0 spiro atoms. The summed E-state index contributed by atoms with van der Waals surface area (Å²) in [5, 5.41) is 41.3. The second-order valence-electron chi connectivity index (χ2n) is 8.99. The van der Waals surface area contributed by atoms with E-state index in [0.717, 1.165) is 5.57 Å². The Morgan fingerprint density at radius 1 is 1.19 bits per heavy atom. The lowest BCUT2D eigenvalue weighted by atomic mass is 9.84. The van der Waals surface area contributed by atoms with Gasteiger partial charge in [0.2, 0.25) is 0 Å². The van der Waals surface area contributed by atoms with Crippen molar-refractivity contribution >= 4 is 5.78 Å². The number of carbonyl (C=O) groups excluding carboxylic acids is 1. The molecule has 0 saturated carbocycles. The number of Topliss-reactive ketones (excluding diaryl/α,β-unsaturated/α-hetero) is 1. The second kappa shape index (κ2) is 8.63. The summed E-state index contributed by atoms with van der Waals surface area (Å²) < 4.78 is 6.11. The summed E-state index contributed by atoms with van der Waals surface area (Å²) in [5.41, 5.74) is 0.957. The Morgan fingerprint density at radius 2 is 1.87 bits per heavy atom. The molecule has 6 nitrogen and oxygen atoms in total. The minimum atomic E-state index is -0.841. The summed E-state index contributed by atoms with van der Waals surface area (Å²) in [6.07, 6.45) is 0.725. The Bertz CT molecular complexity index is 1000. The monoisotopic (exact) mass is 426 g/mol. The number of hydrogen-bond acceptors (Lipinski definition) is 6. The molecule has 0 radical (unpaired) electrons.